The Morgan fingerprint density at radius 1 is 1.53 bits per heavy atom. The van der Waals surface area contributed by atoms with Crippen LogP contribution in [0.15, 0.2) is 11.0 Å². The SMILES string of the molecule is CCOC(=O)CSc1c(N)cc(N)c(Cl)c1F. The van der Waals surface area contributed by atoms with Crippen molar-refractivity contribution >= 4 is 40.7 Å². The van der Waals surface area contributed by atoms with Gasteiger partial charge in [0.25, 0.3) is 0 Å². The van der Waals surface area contributed by atoms with Crippen LogP contribution in [0.2, 0.25) is 5.02 Å². The van der Waals surface area contributed by atoms with Crippen LogP contribution in [0.25, 0.3) is 0 Å². The molecule has 0 fully saturated rings. The third-order valence-electron chi connectivity index (χ3n) is 1.86. The van der Waals surface area contributed by atoms with Crippen molar-refractivity contribution in [3.63, 3.8) is 0 Å². The molecule has 7 heteroatoms. The molecule has 0 radical (unpaired) electrons. The molecule has 0 amide bonds. The minimum absolute atomic E-state index is 0.0325. The second kappa shape index (κ2) is 5.97. The maximum Gasteiger partial charge on any atom is 0.316 e. The summed E-state index contributed by atoms with van der Waals surface area (Å²) in [5.74, 6) is -1.18. The van der Waals surface area contributed by atoms with E-state index in [-0.39, 0.29) is 33.7 Å². The summed E-state index contributed by atoms with van der Waals surface area (Å²) in [6.07, 6.45) is 0. The fraction of sp³-hybridized carbons (Fsp3) is 0.300. The molecule has 0 aliphatic rings. The van der Waals surface area contributed by atoms with E-state index in [1.54, 1.807) is 6.92 Å². The molecule has 1 aromatic rings. The zero-order chi connectivity index (χ0) is 13.0. The summed E-state index contributed by atoms with van der Waals surface area (Å²) in [5.41, 5.74) is 11.3. The van der Waals surface area contributed by atoms with Crippen molar-refractivity contribution in [2.45, 2.75) is 11.8 Å². The number of ether oxygens (including phenoxy) is 1. The smallest absolute Gasteiger partial charge is 0.316 e. The fourth-order valence-corrected chi connectivity index (χ4v) is 2.13. The molecule has 1 rings (SSSR count). The van der Waals surface area contributed by atoms with E-state index < -0.39 is 11.8 Å². The number of nitrogens with two attached hydrogens (primary N) is 2. The second-order valence-electron chi connectivity index (χ2n) is 3.11. The van der Waals surface area contributed by atoms with Gasteiger partial charge in [0.15, 0.2) is 5.82 Å². The number of nitrogen functional groups attached to an aromatic ring is 2. The molecule has 0 spiro atoms. The van der Waals surface area contributed by atoms with Crippen molar-refractivity contribution < 1.29 is 13.9 Å². The van der Waals surface area contributed by atoms with Gasteiger partial charge in [0.2, 0.25) is 0 Å². The molecule has 94 valence electrons. The molecule has 0 aliphatic carbocycles. The molecule has 0 aliphatic heterocycles. The molecule has 0 saturated carbocycles. The predicted molar refractivity (Wildman–Crippen MR) is 67.6 cm³/mol. The van der Waals surface area contributed by atoms with E-state index >= 15 is 0 Å². The molecular formula is C10H12ClFN2O2S. The van der Waals surface area contributed by atoms with Gasteiger partial charge in [-0.25, -0.2) is 4.39 Å². The van der Waals surface area contributed by atoms with Crippen LogP contribution >= 0.6 is 23.4 Å². The largest absolute Gasteiger partial charge is 0.465 e. The number of halogens is 2. The number of rotatable bonds is 4. The normalized spacial score (nSPS) is 10.3. The topological polar surface area (TPSA) is 78.3 Å². The predicted octanol–water partition coefficient (Wildman–Crippen LogP) is 2.30. The van der Waals surface area contributed by atoms with Gasteiger partial charge in [-0.1, -0.05) is 11.6 Å². The lowest BCUT2D eigenvalue weighted by atomic mass is 10.3. The average molecular weight is 279 g/mol. The summed E-state index contributed by atoms with van der Waals surface area (Å²) in [6, 6.07) is 1.36. The van der Waals surface area contributed by atoms with E-state index in [0.29, 0.717) is 0 Å². The first-order valence-corrected chi connectivity index (χ1v) is 6.15. The molecule has 0 aromatic heterocycles. The molecular weight excluding hydrogens is 267 g/mol. The molecule has 4 N–H and O–H groups in total. The first kappa shape index (κ1) is 13.9. The van der Waals surface area contributed by atoms with Crippen LogP contribution in [-0.4, -0.2) is 18.3 Å². The van der Waals surface area contributed by atoms with Gasteiger partial charge in [-0.3, -0.25) is 4.79 Å². The lowest BCUT2D eigenvalue weighted by Crippen LogP contribution is -2.07. The molecule has 0 heterocycles. The minimum Gasteiger partial charge on any atom is -0.465 e. The number of hydrogen-bond acceptors (Lipinski definition) is 5. The van der Waals surface area contributed by atoms with Crippen molar-refractivity contribution in [3.05, 3.63) is 16.9 Å². The van der Waals surface area contributed by atoms with E-state index in [4.69, 9.17) is 27.8 Å². The fourth-order valence-electron chi connectivity index (χ4n) is 1.13. The molecule has 1 aromatic carbocycles. The Balaban J connectivity index is 2.85. The Morgan fingerprint density at radius 2 is 2.18 bits per heavy atom. The number of thioether (sulfide) groups is 1. The van der Waals surface area contributed by atoms with Crippen LogP contribution < -0.4 is 11.5 Å². The molecule has 0 atom stereocenters. The molecule has 0 bridgehead atoms. The van der Waals surface area contributed by atoms with E-state index in [1.165, 1.54) is 6.07 Å². The highest BCUT2D eigenvalue weighted by atomic mass is 35.5. The third-order valence-corrected chi connectivity index (χ3v) is 3.33. The maximum absolute atomic E-state index is 13.7. The van der Waals surface area contributed by atoms with Crippen LogP contribution in [0.4, 0.5) is 15.8 Å². The number of carbonyl (C=O) groups excluding carboxylic acids is 1. The molecule has 17 heavy (non-hydrogen) atoms. The van der Waals surface area contributed by atoms with Gasteiger partial charge in [-0.05, 0) is 13.0 Å². The Morgan fingerprint density at radius 3 is 2.76 bits per heavy atom. The number of carbonyl (C=O) groups is 1. The number of esters is 1. The van der Waals surface area contributed by atoms with Gasteiger partial charge in [0, 0.05) is 0 Å². The van der Waals surface area contributed by atoms with Crippen LogP contribution in [0.1, 0.15) is 6.92 Å². The number of anilines is 2. The van der Waals surface area contributed by atoms with Crippen molar-refractivity contribution in [2.24, 2.45) is 0 Å². The van der Waals surface area contributed by atoms with E-state index in [2.05, 4.69) is 0 Å². The summed E-state index contributed by atoms with van der Waals surface area (Å²) >= 11 is 6.58. The average Bonchev–Trinajstić information content (AvgIpc) is 2.26. The quantitative estimate of drug-likeness (QED) is 0.502. The Labute approximate surface area is 107 Å². The zero-order valence-electron chi connectivity index (χ0n) is 9.13. The summed E-state index contributed by atoms with van der Waals surface area (Å²) in [4.78, 5) is 11.2. The van der Waals surface area contributed by atoms with Crippen molar-refractivity contribution in [2.75, 3.05) is 23.8 Å². The highest BCUT2D eigenvalue weighted by molar-refractivity contribution is 8.00. The Hall–Kier alpha value is -1.14. The van der Waals surface area contributed by atoms with Crippen molar-refractivity contribution in [3.8, 4) is 0 Å². The lowest BCUT2D eigenvalue weighted by molar-refractivity contribution is -0.139. The van der Waals surface area contributed by atoms with Crippen LogP contribution in [0, 0.1) is 5.82 Å². The molecule has 0 saturated heterocycles. The standard InChI is InChI=1S/C10H12ClFN2O2S/c1-2-16-7(15)4-17-10-6(14)3-5(13)8(11)9(10)12/h3H,2,4,13-14H2,1H3. The van der Waals surface area contributed by atoms with Gasteiger partial charge >= 0.3 is 5.97 Å². The first-order chi connectivity index (χ1) is 7.97. The van der Waals surface area contributed by atoms with Gasteiger partial charge in [0.05, 0.1) is 28.6 Å². The lowest BCUT2D eigenvalue weighted by Gasteiger charge is -2.09. The number of hydrogen-bond donors (Lipinski definition) is 2. The Kier molecular flexibility index (Phi) is 4.89. The molecule has 4 nitrogen and oxygen atoms in total. The summed E-state index contributed by atoms with van der Waals surface area (Å²) in [6.45, 7) is 1.97. The van der Waals surface area contributed by atoms with Gasteiger partial charge in [-0.15, -0.1) is 11.8 Å². The van der Waals surface area contributed by atoms with Gasteiger partial charge in [-0.2, -0.15) is 0 Å². The number of benzene rings is 1. The van der Waals surface area contributed by atoms with Crippen LogP contribution in [-0.2, 0) is 9.53 Å². The summed E-state index contributed by atoms with van der Waals surface area (Å²) < 4.78 is 18.4. The Bertz CT molecular complexity index is 443. The molecule has 0 unspecified atom stereocenters. The minimum atomic E-state index is -0.710. The highest BCUT2D eigenvalue weighted by Crippen LogP contribution is 2.36. The second-order valence-corrected chi connectivity index (χ2v) is 4.47. The van der Waals surface area contributed by atoms with Crippen molar-refractivity contribution in [1.29, 1.82) is 0 Å². The van der Waals surface area contributed by atoms with Crippen molar-refractivity contribution in [1.82, 2.24) is 0 Å². The highest BCUT2D eigenvalue weighted by Gasteiger charge is 2.16. The summed E-state index contributed by atoms with van der Waals surface area (Å²) in [7, 11) is 0. The van der Waals surface area contributed by atoms with Gasteiger partial charge < -0.3 is 16.2 Å². The zero-order valence-corrected chi connectivity index (χ0v) is 10.7. The monoisotopic (exact) mass is 278 g/mol. The summed E-state index contributed by atoms with van der Waals surface area (Å²) in [5, 5.41) is -0.189. The first-order valence-electron chi connectivity index (χ1n) is 4.78. The van der Waals surface area contributed by atoms with Crippen LogP contribution in [0.3, 0.4) is 0 Å². The van der Waals surface area contributed by atoms with Gasteiger partial charge in [0.1, 0.15) is 5.02 Å². The maximum atomic E-state index is 13.7. The third kappa shape index (κ3) is 3.41. The van der Waals surface area contributed by atoms with E-state index in [0.717, 1.165) is 11.8 Å². The van der Waals surface area contributed by atoms with Crippen LogP contribution in [0.5, 0.6) is 0 Å². The van der Waals surface area contributed by atoms with E-state index in [1.807, 2.05) is 0 Å². The van der Waals surface area contributed by atoms with E-state index in [9.17, 15) is 9.18 Å².